The Kier molecular flexibility index (Phi) is 8.47. The van der Waals surface area contributed by atoms with Gasteiger partial charge in [0, 0.05) is 38.7 Å². The average molecular weight is 489 g/mol. The molecule has 2 heterocycles. The van der Waals surface area contributed by atoms with Gasteiger partial charge in [0.15, 0.2) is 17.5 Å². The first-order valence-corrected chi connectivity index (χ1v) is 9.44. The number of aryl methyl sites for hydroxylation is 1. The Morgan fingerprint density at radius 2 is 2.07 bits per heavy atom. The third kappa shape index (κ3) is 5.40. The van der Waals surface area contributed by atoms with Gasteiger partial charge in [-0.1, -0.05) is 6.07 Å². The van der Waals surface area contributed by atoms with Crippen LogP contribution in [0.4, 0.5) is 0 Å². The summed E-state index contributed by atoms with van der Waals surface area (Å²) in [6.07, 6.45) is 4.41. The van der Waals surface area contributed by atoms with Gasteiger partial charge in [0.25, 0.3) is 0 Å². The van der Waals surface area contributed by atoms with Crippen LogP contribution in [0.2, 0.25) is 0 Å². The summed E-state index contributed by atoms with van der Waals surface area (Å²) in [5, 5.41) is 3.52. The van der Waals surface area contributed by atoms with Crippen molar-refractivity contribution in [3.05, 3.63) is 23.8 Å². The van der Waals surface area contributed by atoms with Crippen molar-refractivity contribution in [2.75, 3.05) is 54.1 Å². The van der Waals surface area contributed by atoms with Crippen molar-refractivity contribution in [3.63, 3.8) is 0 Å². The zero-order chi connectivity index (χ0) is 18.4. The fraction of sp³-hybridized carbons (Fsp3) is 0.650. The first-order chi connectivity index (χ1) is 12.7. The molecule has 3 rings (SSSR count). The predicted molar refractivity (Wildman–Crippen MR) is 119 cm³/mol. The Hall–Kier alpha value is -1.22. The third-order valence-electron chi connectivity index (χ3n) is 5.51. The van der Waals surface area contributed by atoms with Crippen LogP contribution in [-0.2, 0) is 11.2 Å². The van der Waals surface area contributed by atoms with Crippen LogP contribution in [0.5, 0.6) is 11.5 Å². The number of guanidine groups is 1. The molecule has 6 nitrogen and oxygen atoms in total. The van der Waals surface area contributed by atoms with E-state index in [-0.39, 0.29) is 24.0 Å². The maximum Gasteiger partial charge on any atom is 0.193 e. The van der Waals surface area contributed by atoms with E-state index in [1.807, 2.05) is 13.1 Å². The topological polar surface area (TPSA) is 55.3 Å². The van der Waals surface area contributed by atoms with Crippen molar-refractivity contribution in [1.82, 2.24) is 10.2 Å². The van der Waals surface area contributed by atoms with Crippen molar-refractivity contribution < 1.29 is 14.2 Å². The predicted octanol–water partition coefficient (Wildman–Crippen LogP) is 2.94. The molecule has 2 aliphatic heterocycles. The van der Waals surface area contributed by atoms with E-state index < -0.39 is 0 Å². The second-order valence-corrected chi connectivity index (χ2v) is 7.24. The highest BCUT2D eigenvalue weighted by molar-refractivity contribution is 14.0. The number of likely N-dealkylation sites (tertiary alicyclic amines) is 1. The number of rotatable bonds is 6. The van der Waals surface area contributed by atoms with Crippen molar-refractivity contribution in [2.24, 2.45) is 10.4 Å². The molecule has 1 spiro atoms. The number of benzene rings is 1. The minimum Gasteiger partial charge on any atom is -0.493 e. The minimum absolute atomic E-state index is 0. The average Bonchev–Trinajstić information content (AvgIpc) is 3.31. The van der Waals surface area contributed by atoms with E-state index in [2.05, 4.69) is 27.3 Å². The highest BCUT2D eigenvalue weighted by Crippen LogP contribution is 2.38. The lowest BCUT2D eigenvalue weighted by atomic mass is 9.87. The normalized spacial score (nSPS) is 22.0. The van der Waals surface area contributed by atoms with E-state index in [9.17, 15) is 0 Å². The summed E-state index contributed by atoms with van der Waals surface area (Å²) in [5.41, 5.74) is 1.61. The van der Waals surface area contributed by atoms with E-state index in [0.29, 0.717) is 5.41 Å². The van der Waals surface area contributed by atoms with Gasteiger partial charge < -0.3 is 24.4 Å². The molecular formula is C20H32IN3O3. The molecule has 0 amide bonds. The van der Waals surface area contributed by atoms with Crippen molar-refractivity contribution in [3.8, 4) is 11.5 Å². The second-order valence-electron chi connectivity index (χ2n) is 7.24. The van der Waals surface area contributed by atoms with Crippen molar-refractivity contribution >= 4 is 29.9 Å². The number of hydrogen-bond donors (Lipinski definition) is 1. The number of aliphatic imine (C=N–C) groups is 1. The summed E-state index contributed by atoms with van der Waals surface area (Å²) < 4.78 is 16.3. The summed E-state index contributed by atoms with van der Waals surface area (Å²) in [4.78, 5) is 6.85. The molecule has 0 radical (unpaired) electrons. The highest BCUT2D eigenvalue weighted by atomic mass is 127. The van der Waals surface area contributed by atoms with Crippen LogP contribution in [-0.4, -0.2) is 65.0 Å². The number of ether oxygens (including phenoxy) is 3. The monoisotopic (exact) mass is 489 g/mol. The van der Waals surface area contributed by atoms with Crippen molar-refractivity contribution in [1.29, 1.82) is 0 Å². The van der Waals surface area contributed by atoms with Crippen LogP contribution >= 0.6 is 24.0 Å². The molecule has 0 bridgehead atoms. The number of nitrogens with zero attached hydrogens (tertiary/aromatic N) is 2. The molecule has 152 valence electrons. The Balaban J connectivity index is 0.00000261. The van der Waals surface area contributed by atoms with Gasteiger partial charge in [0.2, 0.25) is 0 Å². The Morgan fingerprint density at radius 3 is 2.74 bits per heavy atom. The summed E-state index contributed by atoms with van der Waals surface area (Å²) in [5.74, 6) is 2.57. The molecule has 27 heavy (non-hydrogen) atoms. The number of halogens is 1. The Labute approximate surface area is 179 Å². The molecule has 1 atom stereocenters. The summed E-state index contributed by atoms with van der Waals surface area (Å²) in [6.45, 7) is 4.84. The third-order valence-corrected chi connectivity index (χ3v) is 5.51. The molecule has 1 N–H and O–H groups in total. The van der Waals surface area contributed by atoms with Crippen LogP contribution in [0.3, 0.4) is 0 Å². The summed E-state index contributed by atoms with van der Waals surface area (Å²) >= 11 is 0. The maximum atomic E-state index is 5.62. The number of hydrogen-bond acceptors (Lipinski definition) is 4. The van der Waals surface area contributed by atoms with E-state index in [0.717, 1.165) is 63.1 Å². The van der Waals surface area contributed by atoms with Gasteiger partial charge in [-0.2, -0.15) is 0 Å². The van der Waals surface area contributed by atoms with Crippen molar-refractivity contribution in [2.45, 2.75) is 25.7 Å². The lowest BCUT2D eigenvalue weighted by Gasteiger charge is -2.25. The molecule has 7 heteroatoms. The second kappa shape index (κ2) is 10.4. The van der Waals surface area contributed by atoms with Crippen LogP contribution < -0.4 is 14.8 Å². The molecule has 2 aliphatic rings. The number of nitrogens with one attached hydrogen (secondary N) is 1. The molecule has 0 aromatic heterocycles. The van der Waals surface area contributed by atoms with Gasteiger partial charge in [-0.05, 0) is 43.4 Å². The van der Waals surface area contributed by atoms with E-state index in [4.69, 9.17) is 14.2 Å². The SMILES string of the molecule is CN=C(NCCCc1ccc(OC)c(OC)c1)N1CCC2(CCOC2)C1.I. The quantitative estimate of drug-likeness (QED) is 0.288. The smallest absolute Gasteiger partial charge is 0.193 e. The fourth-order valence-corrected chi connectivity index (χ4v) is 3.95. The standard InChI is InChI=1S/C20H31N3O3.HI/c1-21-19(23-11-8-20(14-23)9-12-26-15-20)22-10-4-5-16-6-7-17(24-2)18(13-16)25-3;/h6-7,13H,4-5,8-12,14-15H2,1-3H3,(H,21,22);1H. The summed E-state index contributed by atoms with van der Waals surface area (Å²) in [7, 11) is 5.20. The first-order valence-electron chi connectivity index (χ1n) is 9.44. The molecule has 2 saturated heterocycles. The zero-order valence-corrected chi connectivity index (χ0v) is 19.0. The molecule has 1 aromatic carbocycles. The molecule has 0 saturated carbocycles. The number of methoxy groups -OCH3 is 2. The van der Waals surface area contributed by atoms with Gasteiger partial charge in [-0.15, -0.1) is 24.0 Å². The van der Waals surface area contributed by atoms with Gasteiger partial charge in [0.05, 0.1) is 20.8 Å². The van der Waals surface area contributed by atoms with E-state index >= 15 is 0 Å². The van der Waals surface area contributed by atoms with Gasteiger partial charge in [0.1, 0.15) is 0 Å². The largest absolute Gasteiger partial charge is 0.493 e. The van der Waals surface area contributed by atoms with Gasteiger partial charge >= 0.3 is 0 Å². The molecule has 2 fully saturated rings. The van der Waals surface area contributed by atoms with Gasteiger partial charge in [-0.3, -0.25) is 4.99 Å². The van der Waals surface area contributed by atoms with Crippen LogP contribution in [0.15, 0.2) is 23.2 Å². The van der Waals surface area contributed by atoms with E-state index in [1.54, 1.807) is 14.2 Å². The van der Waals surface area contributed by atoms with Crippen LogP contribution in [0, 0.1) is 5.41 Å². The Morgan fingerprint density at radius 1 is 1.26 bits per heavy atom. The Bertz CT molecular complexity index is 633. The first kappa shape index (κ1) is 22.1. The molecule has 1 aromatic rings. The highest BCUT2D eigenvalue weighted by Gasteiger charge is 2.42. The molecule has 0 aliphatic carbocycles. The van der Waals surface area contributed by atoms with Crippen LogP contribution in [0.1, 0.15) is 24.8 Å². The lowest BCUT2D eigenvalue weighted by Crippen LogP contribution is -2.41. The summed E-state index contributed by atoms with van der Waals surface area (Å²) in [6, 6.07) is 6.12. The minimum atomic E-state index is 0. The lowest BCUT2D eigenvalue weighted by molar-refractivity contribution is 0.156. The van der Waals surface area contributed by atoms with Gasteiger partial charge in [-0.25, -0.2) is 0 Å². The van der Waals surface area contributed by atoms with Crippen LogP contribution in [0.25, 0.3) is 0 Å². The zero-order valence-electron chi connectivity index (χ0n) is 16.6. The molecule has 1 unspecified atom stereocenters. The molecular weight excluding hydrogens is 457 g/mol. The maximum absolute atomic E-state index is 5.62. The van der Waals surface area contributed by atoms with E-state index in [1.165, 1.54) is 18.4 Å². The fourth-order valence-electron chi connectivity index (χ4n) is 3.95.